The molecular formula is C9H18N2O2. The predicted molar refractivity (Wildman–Crippen MR) is 50.2 cm³/mol. The predicted octanol–water partition coefficient (Wildman–Crippen LogP) is -0.124. The average Bonchev–Trinajstić information content (AvgIpc) is 2.07. The maximum atomic E-state index is 11.1. The van der Waals surface area contributed by atoms with Crippen molar-refractivity contribution in [2.75, 3.05) is 20.3 Å². The molecule has 0 bridgehead atoms. The molecule has 1 rings (SSSR count). The molecule has 76 valence electrons. The monoisotopic (exact) mass is 186 g/mol. The number of carbonyl (C=O) groups is 1. The minimum atomic E-state index is 0.0716. The summed E-state index contributed by atoms with van der Waals surface area (Å²) in [6.07, 6.45) is 2.55. The zero-order valence-electron chi connectivity index (χ0n) is 8.08. The largest absolute Gasteiger partial charge is 0.384 e. The van der Waals surface area contributed by atoms with Crippen LogP contribution in [-0.4, -0.2) is 32.2 Å². The van der Waals surface area contributed by atoms with Crippen molar-refractivity contribution in [2.45, 2.75) is 25.3 Å². The molecule has 0 unspecified atom stereocenters. The first-order valence-corrected chi connectivity index (χ1v) is 4.73. The molecule has 0 aromatic rings. The van der Waals surface area contributed by atoms with Gasteiger partial charge in [-0.2, -0.15) is 0 Å². The molecule has 4 heteroatoms. The Bertz CT molecular complexity index is 167. The van der Waals surface area contributed by atoms with E-state index in [4.69, 9.17) is 10.5 Å². The van der Waals surface area contributed by atoms with Crippen LogP contribution in [0.3, 0.4) is 0 Å². The Balaban J connectivity index is 1.96. The van der Waals surface area contributed by atoms with E-state index in [1.54, 1.807) is 7.11 Å². The van der Waals surface area contributed by atoms with Crippen LogP contribution in [0.2, 0.25) is 0 Å². The van der Waals surface area contributed by atoms with Gasteiger partial charge in [-0.05, 0) is 18.8 Å². The van der Waals surface area contributed by atoms with Crippen molar-refractivity contribution in [3.8, 4) is 0 Å². The molecule has 0 atom stereocenters. The number of methoxy groups -OCH3 is 1. The van der Waals surface area contributed by atoms with E-state index in [0.717, 1.165) is 19.4 Å². The third-order valence-electron chi connectivity index (χ3n) is 2.39. The second-order valence-corrected chi connectivity index (χ2v) is 3.64. The Morgan fingerprint density at radius 2 is 2.31 bits per heavy atom. The lowest BCUT2D eigenvalue weighted by Gasteiger charge is -2.32. The number of amides is 1. The Hall–Kier alpha value is -0.610. The third kappa shape index (κ3) is 3.74. The molecule has 0 heterocycles. The average molecular weight is 186 g/mol. The maximum Gasteiger partial charge on any atom is 0.222 e. The van der Waals surface area contributed by atoms with Gasteiger partial charge in [0.25, 0.3) is 0 Å². The highest BCUT2D eigenvalue weighted by Gasteiger charge is 2.25. The van der Waals surface area contributed by atoms with Gasteiger partial charge in [0.2, 0.25) is 5.91 Å². The SMILES string of the molecule is COCCC(=O)NCC1CC(N)C1. The molecule has 13 heavy (non-hydrogen) atoms. The number of carbonyl (C=O) groups excluding carboxylic acids is 1. The molecule has 1 aliphatic rings. The summed E-state index contributed by atoms with van der Waals surface area (Å²) in [5, 5.41) is 2.87. The van der Waals surface area contributed by atoms with Gasteiger partial charge in [0.05, 0.1) is 6.61 Å². The molecule has 1 saturated carbocycles. The van der Waals surface area contributed by atoms with Gasteiger partial charge in [0.15, 0.2) is 0 Å². The molecule has 4 nitrogen and oxygen atoms in total. The van der Waals surface area contributed by atoms with Crippen molar-refractivity contribution in [3.63, 3.8) is 0 Å². The van der Waals surface area contributed by atoms with Gasteiger partial charge in [0.1, 0.15) is 0 Å². The second-order valence-electron chi connectivity index (χ2n) is 3.64. The summed E-state index contributed by atoms with van der Waals surface area (Å²) in [6.45, 7) is 1.27. The Labute approximate surface area is 78.8 Å². The molecule has 0 aromatic heterocycles. The zero-order chi connectivity index (χ0) is 9.68. The molecule has 1 fully saturated rings. The first kappa shape index (κ1) is 10.5. The number of nitrogens with one attached hydrogen (secondary N) is 1. The third-order valence-corrected chi connectivity index (χ3v) is 2.39. The number of rotatable bonds is 5. The highest BCUT2D eigenvalue weighted by atomic mass is 16.5. The number of hydrogen-bond donors (Lipinski definition) is 2. The van der Waals surface area contributed by atoms with E-state index in [1.165, 1.54) is 0 Å². The molecule has 1 amide bonds. The van der Waals surface area contributed by atoms with Gasteiger partial charge in [-0.15, -0.1) is 0 Å². The van der Waals surface area contributed by atoms with E-state index in [-0.39, 0.29) is 5.91 Å². The van der Waals surface area contributed by atoms with Crippen molar-refractivity contribution in [3.05, 3.63) is 0 Å². The smallest absolute Gasteiger partial charge is 0.222 e. The molecule has 0 saturated heterocycles. The maximum absolute atomic E-state index is 11.1. The highest BCUT2D eigenvalue weighted by Crippen LogP contribution is 2.24. The summed E-state index contributed by atoms with van der Waals surface area (Å²) < 4.78 is 4.80. The van der Waals surface area contributed by atoms with Crippen LogP contribution in [0, 0.1) is 5.92 Å². The Kier molecular flexibility index (Phi) is 4.18. The highest BCUT2D eigenvalue weighted by molar-refractivity contribution is 5.75. The molecule has 0 radical (unpaired) electrons. The molecule has 1 aliphatic carbocycles. The Morgan fingerprint density at radius 3 is 2.85 bits per heavy atom. The summed E-state index contributed by atoms with van der Waals surface area (Å²) in [4.78, 5) is 11.1. The first-order valence-electron chi connectivity index (χ1n) is 4.73. The van der Waals surface area contributed by atoms with Crippen LogP contribution in [0.15, 0.2) is 0 Å². The summed E-state index contributed by atoms with van der Waals surface area (Å²) in [6, 6.07) is 0.362. The van der Waals surface area contributed by atoms with Crippen LogP contribution in [0.5, 0.6) is 0 Å². The van der Waals surface area contributed by atoms with Gasteiger partial charge in [0, 0.05) is 26.1 Å². The summed E-state index contributed by atoms with van der Waals surface area (Å²) in [5.74, 6) is 0.670. The van der Waals surface area contributed by atoms with E-state index in [0.29, 0.717) is 25.0 Å². The minimum Gasteiger partial charge on any atom is -0.384 e. The molecule has 0 aromatic carbocycles. The number of hydrogen-bond acceptors (Lipinski definition) is 3. The van der Waals surface area contributed by atoms with Crippen LogP contribution in [0.4, 0.5) is 0 Å². The van der Waals surface area contributed by atoms with E-state index < -0.39 is 0 Å². The number of ether oxygens (including phenoxy) is 1. The normalized spacial score (nSPS) is 26.6. The fourth-order valence-electron chi connectivity index (χ4n) is 1.50. The van der Waals surface area contributed by atoms with E-state index in [9.17, 15) is 4.79 Å². The minimum absolute atomic E-state index is 0.0716. The molecular weight excluding hydrogens is 168 g/mol. The van der Waals surface area contributed by atoms with E-state index in [2.05, 4.69) is 5.32 Å². The van der Waals surface area contributed by atoms with Gasteiger partial charge >= 0.3 is 0 Å². The van der Waals surface area contributed by atoms with Gasteiger partial charge in [-0.1, -0.05) is 0 Å². The van der Waals surface area contributed by atoms with E-state index >= 15 is 0 Å². The van der Waals surface area contributed by atoms with Crippen LogP contribution in [-0.2, 0) is 9.53 Å². The number of nitrogens with two attached hydrogens (primary N) is 1. The fourth-order valence-corrected chi connectivity index (χ4v) is 1.50. The van der Waals surface area contributed by atoms with Crippen LogP contribution >= 0.6 is 0 Å². The van der Waals surface area contributed by atoms with Crippen LogP contribution in [0.1, 0.15) is 19.3 Å². The molecule has 0 spiro atoms. The summed E-state index contributed by atoms with van der Waals surface area (Å²) in [7, 11) is 1.60. The van der Waals surface area contributed by atoms with Crippen LogP contribution < -0.4 is 11.1 Å². The molecule has 0 aliphatic heterocycles. The van der Waals surface area contributed by atoms with Crippen LogP contribution in [0.25, 0.3) is 0 Å². The summed E-state index contributed by atoms with van der Waals surface area (Å²) >= 11 is 0. The van der Waals surface area contributed by atoms with E-state index in [1.807, 2.05) is 0 Å². The van der Waals surface area contributed by atoms with Crippen molar-refractivity contribution >= 4 is 5.91 Å². The zero-order valence-corrected chi connectivity index (χ0v) is 8.08. The van der Waals surface area contributed by atoms with Gasteiger partial charge in [-0.3, -0.25) is 4.79 Å². The van der Waals surface area contributed by atoms with Crippen molar-refractivity contribution < 1.29 is 9.53 Å². The standard InChI is InChI=1S/C9H18N2O2/c1-13-3-2-9(12)11-6-7-4-8(10)5-7/h7-8H,2-6,10H2,1H3,(H,11,12). The lowest BCUT2D eigenvalue weighted by atomic mass is 9.81. The van der Waals surface area contributed by atoms with Crippen molar-refractivity contribution in [2.24, 2.45) is 11.7 Å². The van der Waals surface area contributed by atoms with Gasteiger partial charge in [-0.25, -0.2) is 0 Å². The van der Waals surface area contributed by atoms with Crippen molar-refractivity contribution in [1.29, 1.82) is 0 Å². The van der Waals surface area contributed by atoms with Gasteiger partial charge < -0.3 is 15.8 Å². The Morgan fingerprint density at radius 1 is 1.62 bits per heavy atom. The quantitative estimate of drug-likeness (QED) is 0.629. The fraction of sp³-hybridized carbons (Fsp3) is 0.889. The lowest BCUT2D eigenvalue weighted by Crippen LogP contribution is -2.42. The summed E-state index contributed by atoms with van der Waals surface area (Å²) in [5.41, 5.74) is 5.62. The van der Waals surface area contributed by atoms with Crippen molar-refractivity contribution in [1.82, 2.24) is 5.32 Å². The topological polar surface area (TPSA) is 64.3 Å². The lowest BCUT2D eigenvalue weighted by molar-refractivity contribution is -0.122. The first-order chi connectivity index (χ1) is 6.22. The second kappa shape index (κ2) is 5.19. The molecule has 3 N–H and O–H groups in total.